The van der Waals surface area contributed by atoms with Gasteiger partial charge in [0, 0.05) is 27.7 Å². The first-order valence-corrected chi connectivity index (χ1v) is 5.41. The molecule has 0 N–H and O–H groups in total. The number of rotatable bonds is 2. The van der Waals surface area contributed by atoms with Gasteiger partial charge in [-0.15, -0.1) is 11.3 Å². The SMILES string of the molecule is C/C(F)=C\c1ccc(-c2cccnc2)s1. The summed E-state index contributed by atoms with van der Waals surface area (Å²) in [6, 6.07) is 7.78. The summed E-state index contributed by atoms with van der Waals surface area (Å²) in [5.41, 5.74) is 1.07. The summed E-state index contributed by atoms with van der Waals surface area (Å²) in [6.07, 6.45) is 5.08. The molecule has 3 heteroatoms. The van der Waals surface area contributed by atoms with Crippen molar-refractivity contribution in [2.45, 2.75) is 6.92 Å². The highest BCUT2D eigenvalue weighted by molar-refractivity contribution is 7.16. The monoisotopic (exact) mass is 219 g/mol. The van der Waals surface area contributed by atoms with Crippen LogP contribution in [-0.4, -0.2) is 4.98 Å². The molecule has 0 aromatic carbocycles. The summed E-state index contributed by atoms with van der Waals surface area (Å²) in [5, 5.41) is 0. The first-order chi connectivity index (χ1) is 7.25. The van der Waals surface area contributed by atoms with E-state index >= 15 is 0 Å². The van der Waals surface area contributed by atoms with Gasteiger partial charge in [0.15, 0.2) is 0 Å². The quantitative estimate of drug-likeness (QED) is 0.739. The lowest BCUT2D eigenvalue weighted by atomic mass is 10.2. The van der Waals surface area contributed by atoms with E-state index in [1.54, 1.807) is 17.5 Å². The van der Waals surface area contributed by atoms with Gasteiger partial charge in [0.25, 0.3) is 0 Å². The third-order valence-electron chi connectivity index (χ3n) is 1.91. The number of hydrogen-bond donors (Lipinski definition) is 0. The second kappa shape index (κ2) is 4.36. The average molecular weight is 219 g/mol. The molecule has 2 aromatic heterocycles. The van der Waals surface area contributed by atoms with Crippen molar-refractivity contribution >= 4 is 17.4 Å². The molecule has 0 fully saturated rings. The maximum Gasteiger partial charge on any atom is 0.0982 e. The van der Waals surface area contributed by atoms with Crippen LogP contribution in [0.3, 0.4) is 0 Å². The largest absolute Gasteiger partial charge is 0.264 e. The van der Waals surface area contributed by atoms with Gasteiger partial charge < -0.3 is 0 Å². The molecule has 76 valence electrons. The van der Waals surface area contributed by atoms with E-state index in [4.69, 9.17) is 0 Å². The van der Waals surface area contributed by atoms with Crippen molar-refractivity contribution in [2.24, 2.45) is 0 Å². The van der Waals surface area contributed by atoms with Gasteiger partial charge in [0.1, 0.15) is 0 Å². The minimum atomic E-state index is -0.172. The van der Waals surface area contributed by atoms with Crippen LogP contribution in [0.5, 0.6) is 0 Å². The average Bonchev–Trinajstić information content (AvgIpc) is 2.67. The summed E-state index contributed by atoms with van der Waals surface area (Å²) in [7, 11) is 0. The van der Waals surface area contributed by atoms with Crippen molar-refractivity contribution in [3.63, 3.8) is 0 Å². The van der Waals surface area contributed by atoms with E-state index in [0.717, 1.165) is 15.3 Å². The van der Waals surface area contributed by atoms with Crippen LogP contribution in [0.15, 0.2) is 42.5 Å². The van der Waals surface area contributed by atoms with Gasteiger partial charge in [0.05, 0.1) is 5.83 Å². The summed E-state index contributed by atoms with van der Waals surface area (Å²) in [6.45, 7) is 1.45. The fraction of sp³-hybridized carbons (Fsp3) is 0.0833. The molecule has 2 rings (SSSR count). The highest BCUT2D eigenvalue weighted by Crippen LogP contribution is 2.28. The number of pyridine rings is 1. The smallest absolute Gasteiger partial charge is 0.0982 e. The second-order valence-corrected chi connectivity index (χ2v) is 4.29. The molecule has 0 atom stereocenters. The Bertz CT molecular complexity index is 469. The Balaban J connectivity index is 2.32. The lowest BCUT2D eigenvalue weighted by Crippen LogP contribution is -1.72. The molecule has 0 aliphatic carbocycles. The fourth-order valence-corrected chi connectivity index (χ4v) is 2.28. The van der Waals surface area contributed by atoms with Gasteiger partial charge in [-0.1, -0.05) is 6.07 Å². The zero-order valence-electron chi connectivity index (χ0n) is 8.27. The topological polar surface area (TPSA) is 12.9 Å². The first-order valence-electron chi connectivity index (χ1n) is 4.60. The third kappa shape index (κ3) is 2.50. The number of aromatic nitrogens is 1. The van der Waals surface area contributed by atoms with E-state index in [1.165, 1.54) is 13.0 Å². The summed E-state index contributed by atoms with van der Waals surface area (Å²) >= 11 is 1.56. The first kappa shape index (κ1) is 10.1. The summed E-state index contributed by atoms with van der Waals surface area (Å²) in [4.78, 5) is 6.08. The predicted octanol–water partition coefficient (Wildman–Crippen LogP) is 4.14. The minimum Gasteiger partial charge on any atom is -0.264 e. The Morgan fingerprint density at radius 1 is 1.40 bits per heavy atom. The molecule has 0 radical (unpaired) electrons. The molecule has 0 unspecified atom stereocenters. The molecule has 0 bridgehead atoms. The Hall–Kier alpha value is -1.48. The maximum absolute atomic E-state index is 12.7. The Morgan fingerprint density at radius 2 is 2.27 bits per heavy atom. The van der Waals surface area contributed by atoms with E-state index in [0.29, 0.717) is 0 Å². The van der Waals surface area contributed by atoms with Crippen LogP contribution in [0.4, 0.5) is 4.39 Å². The Morgan fingerprint density at radius 3 is 2.93 bits per heavy atom. The molecule has 15 heavy (non-hydrogen) atoms. The van der Waals surface area contributed by atoms with Crippen LogP contribution in [-0.2, 0) is 0 Å². The lowest BCUT2D eigenvalue weighted by Gasteiger charge is -1.93. The molecule has 2 heterocycles. The van der Waals surface area contributed by atoms with E-state index in [2.05, 4.69) is 4.98 Å². The molecule has 0 saturated heterocycles. The molecule has 1 nitrogen and oxygen atoms in total. The van der Waals surface area contributed by atoms with E-state index in [9.17, 15) is 4.39 Å². The van der Waals surface area contributed by atoms with Gasteiger partial charge in [-0.25, -0.2) is 4.39 Å². The van der Waals surface area contributed by atoms with E-state index in [-0.39, 0.29) is 5.83 Å². The molecule has 0 saturated carbocycles. The standard InChI is InChI=1S/C12H10FNS/c1-9(13)7-11-4-5-12(15-11)10-3-2-6-14-8-10/h2-8H,1H3/b9-7+. The predicted molar refractivity (Wildman–Crippen MR) is 62.3 cm³/mol. The molecule has 0 spiro atoms. The second-order valence-electron chi connectivity index (χ2n) is 3.17. The van der Waals surface area contributed by atoms with Gasteiger partial charge in [-0.2, -0.15) is 0 Å². The number of halogens is 1. The molecule has 0 aliphatic rings. The normalized spacial score (nSPS) is 11.7. The lowest BCUT2D eigenvalue weighted by molar-refractivity contribution is 0.648. The Labute approximate surface area is 91.9 Å². The van der Waals surface area contributed by atoms with Crippen molar-refractivity contribution in [2.75, 3.05) is 0 Å². The van der Waals surface area contributed by atoms with Crippen LogP contribution < -0.4 is 0 Å². The van der Waals surface area contributed by atoms with Gasteiger partial charge >= 0.3 is 0 Å². The minimum absolute atomic E-state index is 0.172. The van der Waals surface area contributed by atoms with Gasteiger partial charge in [0.2, 0.25) is 0 Å². The number of thiophene rings is 1. The molecule has 0 amide bonds. The summed E-state index contributed by atoms with van der Waals surface area (Å²) < 4.78 is 12.7. The van der Waals surface area contributed by atoms with E-state index in [1.807, 2.05) is 30.5 Å². The zero-order chi connectivity index (χ0) is 10.7. The molecule has 0 aliphatic heterocycles. The third-order valence-corrected chi connectivity index (χ3v) is 3.00. The van der Waals surface area contributed by atoms with Crippen LogP contribution in [0.1, 0.15) is 11.8 Å². The van der Waals surface area contributed by atoms with Gasteiger partial charge in [-0.3, -0.25) is 4.98 Å². The van der Waals surface area contributed by atoms with Crippen molar-refractivity contribution in [1.29, 1.82) is 0 Å². The number of allylic oxidation sites excluding steroid dienone is 1. The number of nitrogens with zero attached hydrogens (tertiary/aromatic N) is 1. The summed E-state index contributed by atoms with van der Waals surface area (Å²) in [5.74, 6) is -0.172. The molecular formula is C12H10FNS. The fourth-order valence-electron chi connectivity index (χ4n) is 1.29. The highest BCUT2D eigenvalue weighted by Gasteiger charge is 2.01. The van der Waals surface area contributed by atoms with Crippen molar-refractivity contribution in [3.8, 4) is 10.4 Å². The van der Waals surface area contributed by atoms with Gasteiger partial charge in [-0.05, 0) is 31.2 Å². The van der Waals surface area contributed by atoms with E-state index < -0.39 is 0 Å². The highest BCUT2D eigenvalue weighted by atomic mass is 32.1. The zero-order valence-corrected chi connectivity index (χ0v) is 9.09. The van der Waals surface area contributed by atoms with Crippen LogP contribution in [0, 0.1) is 0 Å². The van der Waals surface area contributed by atoms with Crippen LogP contribution in [0.2, 0.25) is 0 Å². The maximum atomic E-state index is 12.7. The van der Waals surface area contributed by atoms with Crippen molar-refractivity contribution < 1.29 is 4.39 Å². The van der Waals surface area contributed by atoms with Crippen LogP contribution >= 0.6 is 11.3 Å². The van der Waals surface area contributed by atoms with Crippen molar-refractivity contribution in [3.05, 3.63) is 47.4 Å². The Kier molecular flexibility index (Phi) is 2.92. The molecule has 2 aromatic rings. The number of hydrogen-bond acceptors (Lipinski definition) is 2. The van der Waals surface area contributed by atoms with Crippen LogP contribution in [0.25, 0.3) is 16.5 Å². The molecular weight excluding hydrogens is 209 g/mol. The van der Waals surface area contributed by atoms with Crippen molar-refractivity contribution in [1.82, 2.24) is 4.98 Å².